The summed E-state index contributed by atoms with van der Waals surface area (Å²) in [7, 11) is 0. The Morgan fingerprint density at radius 1 is 1.12 bits per heavy atom. The van der Waals surface area contributed by atoms with Crippen LogP contribution in [0.15, 0.2) is 40.8 Å². The van der Waals surface area contributed by atoms with Crippen LogP contribution in [0.25, 0.3) is 0 Å². The Morgan fingerprint density at radius 2 is 1.92 bits per heavy atom. The van der Waals surface area contributed by atoms with E-state index in [9.17, 15) is 4.79 Å². The lowest BCUT2D eigenvalue weighted by atomic mass is 10.2. The smallest absolute Gasteiger partial charge is 0.291 e. The van der Waals surface area contributed by atoms with Gasteiger partial charge in [-0.1, -0.05) is 0 Å². The van der Waals surface area contributed by atoms with Gasteiger partial charge in [-0.2, -0.15) is 5.10 Å². The van der Waals surface area contributed by atoms with E-state index in [0.29, 0.717) is 42.7 Å². The zero-order valence-electron chi connectivity index (χ0n) is 14.6. The average Bonchev–Trinajstić information content (AvgIpc) is 3.21. The molecule has 0 spiro atoms. The second-order valence-corrected chi connectivity index (χ2v) is 6.16. The molecule has 3 heterocycles. The highest BCUT2D eigenvalue weighted by atomic mass is 16.6. The lowest BCUT2D eigenvalue weighted by Crippen LogP contribution is -2.16. The summed E-state index contributed by atoms with van der Waals surface area (Å²) in [6.07, 6.45) is 0. The fourth-order valence-electron chi connectivity index (χ4n) is 2.88. The molecule has 1 aliphatic heterocycles. The van der Waals surface area contributed by atoms with Crippen molar-refractivity contribution < 1.29 is 18.7 Å². The Bertz CT molecular complexity index is 958. The SMILES string of the molecule is Cc1cc(C)n(Cc2ccc(C(=O)Nc3ccc4c(c3)OCCO4)o2)n1. The number of aryl methyl sites for hydroxylation is 2. The second kappa shape index (κ2) is 6.59. The average molecular weight is 353 g/mol. The van der Waals surface area contributed by atoms with E-state index in [-0.39, 0.29) is 11.7 Å². The number of aromatic nitrogens is 2. The third kappa shape index (κ3) is 3.28. The van der Waals surface area contributed by atoms with E-state index < -0.39 is 0 Å². The number of benzene rings is 1. The molecule has 2 aromatic heterocycles. The first-order valence-corrected chi connectivity index (χ1v) is 8.39. The van der Waals surface area contributed by atoms with Gasteiger partial charge in [0, 0.05) is 17.4 Å². The molecule has 0 atom stereocenters. The second-order valence-electron chi connectivity index (χ2n) is 6.16. The Hall–Kier alpha value is -3.22. The number of fused-ring (bicyclic) bond motifs is 1. The highest BCUT2D eigenvalue weighted by molar-refractivity contribution is 6.02. The molecule has 0 radical (unpaired) electrons. The zero-order valence-corrected chi connectivity index (χ0v) is 14.6. The molecule has 1 N–H and O–H groups in total. The summed E-state index contributed by atoms with van der Waals surface area (Å²) in [4.78, 5) is 12.4. The Labute approximate surface area is 150 Å². The van der Waals surface area contributed by atoms with Gasteiger partial charge in [-0.3, -0.25) is 9.48 Å². The summed E-state index contributed by atoms with van der Waals surface area (Å²) >= 11 is 0. The summed E-state index contributed by atoms with van der Waals surface area (Å²) in [6, 6.07) is 10.7. The van der Waals surface area contributed by atoms with Crippen LogP contribution >= 0.6 is 0 Å². The van der Waals surface area contributed by atoms with Crippen LogP contribution in [0.2, 0.25) is 0 Å². The summed E-state index contributed by atoms with van der Waals surface area (Å²) in [6.45, 7) is 5.44. The lowest BCUT2D eigenvalue weighted by Gasteiger charge is -2.18. The number of carbonyl (C=O) groups excluding carboxylic acids is 1. The molecule has 0 unspecified atom stereocenters. The molecule has 3 aromatic rings. The van der Waals surface area contributed by atoms with Crippen molar-refractivity contribution >= 4 is 11.6 Å². The molecule has 0 fully saturated rings. The quantitative estimate of drug-likeness (QED) is 0.779. The number of ether oxygens (including phenoxy) is 2. The molecule has 134 valence electrons. The Balaban J connectivity index is 1.45. The molecule has 1 aromatic carbocycles. The van der Waals surface area contributed by atoms with Crippen molar-refractivity contribution in [3.63, 3.8) is 0 Å². The van der Waals surface area contributed by atoms with Gasteiger partial charge >= 0.3 is 0 Å². The number of furan rings is 1. The first-order valence-electron chi connectivity index (χ1n) is 8.39. The van der Waals surface area contributed by atoms with Gasteiger partial charge in [0.05, 0.1) is 12.2 Å². The normalized spacial score (nSPS) is 12.8. The fourth-order valence-corrected chi connectivity index (χ4v) is 2.88. The van der Waals surface area contributed by atoms with Gasteiger partial charge in [0.1, 0.15) is 19.0 Å². The summed E-state index contributed by atoms with van der Waals surface area (Å²) in [5.74, 6) is 1.90. The maximum atomic E-state index is 12.4. The molecule has 7 heteroatoms. The summed E-state index contributed by atoms with van der Waals surface area (Å²) in [5, 5.41) is 7.21. The van der Waals surface area contributed by atoms with Crippen molar-refractivity contribution in [1.29, 1.82) is 0 Å². The summed E-state index contributed by atoms with van der Waals surface area (Å²) in [5.41, 5.74) is 2.61. The number of rotatable bonds is 4. The van der Waals surface area contributed by atoms with Gasteiger partial charge < -0.3 is 19.2 Å². The van der Waals surface area contributed by atoms with Crippen molar-refractivity contribution in [2.45, 2.75) is 20.4 Å². The van der Waals surface area contributed by atoms with Crippen LogP contribution in [-0.4, -0.2) is 28.9 Å². The molecule has 0 saturated heterocycles. The Kier molecular flexibility index (Phi) is 4.12. The number of anilines is 1. The topological polar surface area (TPSA) is 78.5 Å². The minimum Gasteiger partial charge on any atom is -0.486 e. The standard InChI is InChI=1S/C19H19N3O4/c1-12-9-13(2)22(21-12)11-15-4-6-17(26-15)19(23)20-14-3-5-16-18(10-14)25-8-7-24-16/h3-6,9-10H,7-8,11H2,1-2H3,(H,20,23). The molecular formula is C19H19N3O4. The van der Waals surface area contributed by atoms with E-state index in [1.54, 1.807) is 30.3 Å². The number of nitrogens with zero attached hydrogens (tertiary/aromatic N) is 2. The van der Waals surface area contributed by atoms with Crippen LogP contribution in [-0.2, 0) is 6.54 Å². The monoisotopic (exact) mass is 353 g/mol. The van der Waals surface area contributed by atoms with E-state index in [2.05, 4.69) is 10.4 Å². The van der Waals surface area contributed by atoms with Gasteiger partial charge in [0.25, 0.3) is 5.91 Å². The minimum atomic E-state index is -0.318. The molecule has 0 bridgehead atoms. The third-order valence-corrected chi connectivity index (χ3v) is 4.09. The number of amides is 1. The fraction of sp³-hybridized carbons (Fsp3) is 0.263. The van der Waals surface area contributed by atoms with Gasteiger partial charge in [-0.15, -0.1) is 0 Å². The third-order valence-electron chi connectivity index (χ3n) is 4.09. The van der Waals surface area contributed by atoms with Gasteiger partial charge in [0.15, 0.2) is 17.3 Å². The predicted molar refractivity (Wildman–Crippen MR) is 94.9 cm³/mol. The lowest BCUT2D eigenvalue weighted by molar-refractivity contribution is 0.0994. The molecule has 1 aliphatic rings. The van der Waals surface area contributed by atoms with Crippen molar-refractivity contribution in [2.75, 3.05) is 18.5 Å². The Morgan fingerprint density at radius 3 is 2.69 bits per heavy atom. The summed E-state index contributed by atoms with van der Waals surface area (Å²) < 4.78 is 18.5. The van der Waals surface area contributed by atoms with E-state index in [0.717, 1.165) is 11.4 Å². The van der Waals surface area contributed by atoms with Crippen LogP contribution in [0.5, 0.6) is 11.5 Å². The maximum absolute atomic E-state index is 12.4. The number of carbonyl (C=O) groups is 1. The van der Waals surface area contributed by atoms with E-state index in [1.807, 2.05) is 24.6 Å². The number of nitrogens with one attached hydrogen (secondary N) is 1. The van der Waals surface area contributed by atoms with Crippen LogP contribution in [0, 0.1) is 13.8 Å². The van der Waals surface area contributed by atoms with Crippen LogP contribution in [0.3, 0.4) is 0 Å². The van der Waals surface area contributed by atoms with E-state index >= 15 is 0 Å². The highest BCUT2D eigenvalue weighted by Crippen LogP contribution is 2.32. The molecular weight excluding hydrogens is 334 g/mol. The van der Waals surface area contributed by atoms with Crippen molar-refractivity contribution in [2.24, 2.45) is 0 Å². The van der Waals surface area contributed by atoms with E-state index in [1.165, 1.54) is 0 Å². The maximum Gasteiger partial charge on any atom is 0.291 e. The minimum absolute atomic E-state index is 0.247. The zero-order chi connectivity index (χ0) is 18.1. The van der Waals surface area contributed by atoms with Gasteiger partial charge in [-0.25, -0.2) is 0 Å². The largest absolute Gasteiger partial charge is 0.486 e. The highest BCUT2D eigenvalue weighted by Gasteiger charge is 2.16. The predicted octanol–water partition coefficient (Wildman–Crippen LogP) is 3.16. The first kappa shape index (κ1) is 16.3. The molecule has 7 nitrogen and oxygen atoms in total. The van der Waals surface area contributed by atoms with Crippen LogP contribution in [0.1, 0.15) is 27.7 Å². The van der Waals surface area contributed by atoms with Crippen LogP contribution in [0.4, 0.5) is 5.69 Å². The molecule has 4 rings (SSSR count). The van der Waals surface area contributed by atoms with Gasteiger partial charge in [-0.05, 0) is 44.2 Å². The molecule has 1 amide bonds. The number of hydrogen-bond donors (Lipinski definition) is 1. The molecule has 26 heavy (non-hydrogen) atoms. The molecule has 0 aliphatic carbocycles. The van der Waals surface area contributed by atoms with E-state index in [4.69, 9.17) is 13.9 Å². The van der Waals surface area contributed by atoms with Crippen molar-refractivity contribution in [3.05, 3.63) is 59.3 Å². The van der Waals surface area contributed by atoms with Crippen molar-refractivity contribution in [1.82, 2.24) is 9.78 Å². The first-order chi connectivity index (χ1) is 12.6. The van der Waals surface area contributed by atoms with Gasteiger partial charge in [0.2, 0.25) is 0 Å². The number of hydrogen-bond acceptors (Lipinski definition) is 5. The van der Waals surface area contributed by atoms with Crippen molar-refractivity contribution in [3.8, 4) is 11.5 Å². The molecule has 0 saturated carbocycles. The van der Waals surface area contributed by atoms with Crippen LogP contribution < -0.4 is 14.8 Å².